The first kappa shape index (κ1) is 15.4. The van der Waals surface area contributed by atoms with Crippen LogP contribution in [0.1, 0.15) is 24.4 Å². The second kappa shape index (κ2) is 6.89. The smallest absolute Gasteiger partial charge is 0.134 e. The first-order valence-corrected chi connectivity index (χ1v) is 5.40. The van der Waals surface area contributed by atoms with Crippen molar-refractivity contribution in [2.45, 2.75) is 18.9 Å². The van der Waals surface area contributed by atoms with Gasteiger partial charge in [0.05, 0.1) is 4.47 Å². The predicted molar refractivity (Wildman–Crippen MR) is 69.4 cm³/mol. The van der Waals surface area contributed by atoms with Gasteiger partial charge in [-0.2, -0.15) is 0 Å². The Morgan fingerprint density at radius 3 is 2.75 bits per heavy atom. The molecule has 1 rings (SSSR count). The van der Waals surface area contributed by atoms with Gasteiger partial charge in [0.1, 0.15) is 11.6 Å². The number of nitrogens with two attached hydrogens (primary N) is 1. The highest BCUT2D eigenvalue weighted by molar-refractivity contribution is 9.10. The Morgan fingerprint density at radius 2 is 2.19 bits per heavy atom. The fourth-order valence-corrected chi connectivity index (χ4v) is 1.77. The maximum Gasteiger partial charge on any atom is 0.134 e. The Labute approximate surface area is 109 Å². The van der Waals surface area contributed by atoms with Crippen LogP contribution in [-0.4, -0.2) is 5.11 Å². The van der Waals surface area contributed by atoms with Gasteiger partial charge < -0.3 is 10.8 Å². The molecule has 0 fully saturated rings. The number of phenols is 1. The molecule has 1 aromatic rings. The van der Waals surface area contributed by atoms with Crippen LogP contribution >= 0.6 is 28.3 Å². The third-order valence-corrected chi connectivity index (χ3v) is 2.74. The van der Waals surface area contributed by atoms with Crippen molar-refractivity contribution < 1.29 is 9.50 Å². The number of hydrogen-bond donors (Lipinski definition) is 2. The monoisotopic (exact) mass is 309 g/mol. The standard InChI is InChI=1S/C11H13BrFNO.ClH/c1-2-3-4-10(14)8-5-7(13)6-9(12)11(8)15;/h2,5-6,10,15H,1,3-4,14H2;1H/t10-;/m0./s1. The summed E-state index contributed by atoms with van der Waals surface area (Å²) >= 11 is 3.07. The van der Waals surface area contributed by atoms with E-state index in [2.05, 4.69) is 22.5 Å². The minimum atomic E-state index is -0.413. The Kier molecular flexibility index (Phi) is 6.64. The zero-order chi connectivity index (χ0) is 11.4. The summed E-state index contributed by atoms with van der Waals surface area (Å²) in [6, 6.07) is 2.09. The number of phenolic OH excluding ortho intramolecular Hbond substituents is 1. The molecule has 1 atom stereocenters. The summed E-state index contributed by atoms with van der Waals surface area (Å²) in [5.74, 6) is -0.406. The number of hydrogen-bond acceptors (Lipinski definition) is 2. The van der Waals surface area contributed by atoms with E-state index in [-0.39, 0.29) is 24.2 Å². The molecule has 0 unspecified atom stereocenters. The number of aromatic hydroxyl groups is 1. The van der Waals surface area contributed by atoms with E-state index in [4.69, 9.17) is 5.73 Å². The Bertz CT molecular complexity index is 373. The van der Waals surface area contributed by atoms with E-state index in [1.165, 1.54) is 12.1 Å². The molecule has 16 heavy (non-hydrogen) atoms. The summed E-state index contributed by atoms with van der Waals surface area (Å²) in [4.78, 5) is 0. The molecular formula is C11H14BrClFNO. The molecule has 90 valence electrons. The molecule has 3 N–H and O–H groups in total. The van der Waals surface area contributed by atoms with E-state index in [1.807, 2.05) is 0 Å². The van der Waals surface area contributed by atoms with Crippen LogP contribution in [0.3, 0.4) is 0 Å². The lowest BCUT2D eigenvalue weighted by Crippen LogP contribution is -2.10. The zero-order valence-electron chi connectivity index (χ0n) is 8.62. The van der Waals surface area contributed by atoms with Crippen LogP contribution in [0, 0.1) is 5.82 Å². The van der Waals surface area contributed by atoms with Gasteiger partial charge in [-0.15, -0.1) is 19.0 Å². The van der Waals surface area contributed by atoms with Crippen LogP contribution in [0.5, 0.6) is 5.75 Å². The normalized spacial score (nSPS) is 11.7. The van der Waals surface area contributed by atoms with Gasteiger partial charge in [0.15, 0.2) is 0 Å². The minimum Gasteiger partial charge on any atom is -0.506 e. The van der Waals surface area contributed by atoms with E-state index in [0.717, 1.165) is 6.42 Å². The fourth-order valence-electron chi connectivity index (χ4n) is 1.32. The molecule has 0 aliphatic heterocycles. The minimum absolute atomic E-state index is 0. The molecule has 0 saturated heterocycles. The summed E-state index contributed by atoms with van der Waals surface area (Å²) in [5.41, 5.74) is 6.24. The van der Waals surface area contributed by atoms with Crippen LogP contribution in [0.4, 0.5) is 4.39 Å². The lowest BCUT2D eigenvalue weighted by molar-refractivity contribution is 0.452. The van der Waals surface area contributed by atoms with Crippen molar-refractivity contribution in [3.8, 4) is 5.75 Å². The van der Waals surface area contributed by atoms with Gasteiger partial charge in [-0.25, -0.2) is 4.39 Å². The van der Waals surface area contributed by atoms with Crippen molar-refractivity contribution in [2.24, 2.45) is 5.73 Å². The largest absolute Gasteiger partial charge is 0.506 e. The molecule has 0 aliphatic rings. The van der Waals surface area contributed by atoms with Crippen LogP contribution in [0.2, 0.25) is 0 Å². The van der Waals surface area contributed by atoms with E-state index >= 15 is 0 Å². The van der Waals surface area contributed by atoms with E-state index in [1.54, 1.807) is 6.08 Å². The summed E-state index contributed by atoms with van der Waals surface area (Å²) in [5, 5.41) is 9.67. The maximum atomic E-state index is 13.1. The van der Waals surface area contributed by atoms with E-state index < -0.39 is 5.82 Å². The van der Waals surface area contributed by atoms with Crippen molar-refractivity contribution in [3.63, 3.8) is 0 Å². The van der Waals surface area contributed by atoms with Gasteiger partial charge >= 0.3 is 0 Å². The molecule has 0 bridgehead atoms. The summed E-state index contributed by atoms with van der Waals surface area (Å²) in [7, 11) is 0. The molecular weight excluding hydrogens is 296 g/mol. The molecule has 0 spiro atoms. The summed E-state index contributed by atoms with van der Waals surface area (Å²) in [6.45, 7) is 3.58. The molecule has 0 aromatic heterocycles. The lowest BCUT2D eigenvalue weighted by atomic mass is 10.0. The lowest BCUT2D eigenvalue weighted by Gasteiger charge is -2.13. The first-order valence-electron chi connectivity index (χ1n) is 4.60. The van der Waals surface area contributed by atoms with Gasteiger partial charge in [-0.1, -0.05) is 6.08 Å². The van der Waals surface area contributed by atoms with Gasteiger partial charge in [-0.3, -0.25) is 0 Å². The molecule has 0 heterocycles. The fraction of sp³-hybridized carbons (Fsp3) is 0.273. The zero-order valence-corrected chi connectivity index (χ0v) is 11.0. The van der Waals surface area contributed by atoms with E-state index in [0.29, 0.717) is 16.5 Å². The Hall–Kier alpha value is -0.580. The van der Waals surface area contributed by atoms with E-state index in [9.17, 15) is 9.50 Å². The van der Waals surface area contributed by atoms with Crippen molar-refractivity contribution in [1.82, 2.24) is 0 Å². The average molecular weight is 311 g/mol. The molecule has 0 saturated carbocycles. The molecule has 0 aliphatic carbocycles. The number of rotatable bonds is 4. The highest BCUT2D eigenvalue weighted by atomic mass is 79.9. The molecule has 0 radical (unpaired) electrons. The van der Waals surface area contributed by atoms with Crippen LogP contribution in [-0.2, 0) is 0 Å². The van der Waals surface area contributed by atoms with Crippen LogP contribution in [0.25, 0.3) is 0 Å². The SMILES string of the molecule is C=CCC[C@H](N)c1cc(F)cc(Br)c1O.Cl. The van der Waals surface area contributed by atoms with Crippen molar-refractivity contribution in [2.75, 3.05) is 0 Å². The summed E-state index contributed by atoms with van der Waals surface area (Å²) < 4.78 is 13.4. The molecule has 2 nitrogen and oxygen atoms in total. The highest BCUT2D eigenvalue weighted by Crippen LogP contribution is 2.33. The second-order valence-electron chi connectivity index (χ2n) is 3.30. The Morgan fingerprint density at radius 1 is 1.56 bits per heavy atom. The van der Waals surface area contributed by atoms with Crippen molar-refractivity contribution in [3.05, 3.63) is 40.6 Å². The third-order valence-electron chi connectivity index (χ3n) is 2.14. The van der Waals surface area contributed by atoms with Crippen molar-refractivity contribution >= 4 is 28.3 Å². The van der Waals surface area contributed by atoms with Crippen molar-refractivity contribution in [1.29, 1.82) is 0 Å². The molecule has 1 aromatic carbocycles. The maximum absolute atomic E-state index is 13.1. The molecule has 5 heteroatoms. The van der Waals surface area contributed by atoms with Gasteiger partial charge in [0.25, 0.3) is 0 Å². The number of benzene rings is 1. The number of halogens is 3. The average Bonchev–Trinajstić information content (AvgIpc) is 2.19. The van der Waals surface area contributed by atoms with Gasteiger partial charge in [-0.05, 0) is 40.9 Å². The Balaban J connectivity index is 0.00000225. The molecule has 0 amide bonds. The third kappa shape index (κ3) is 3.77. The highest BCUT2D eigenvalue weighted by Gasteiger charge is 2.14. The second-order valence-corrected chi connectivity index (χ2v) is 4.15. The topological polar surface area (TPSA) is 46.2 Å². The van der Waals surface area contributed by atoms with Gasteiger partial charge in [0.2, 0.25) is 0 Å². The van der Waals surface area contributed by atoms with Crippen LogP contribution in [0.15, 0.2) is 29.3 Å². The number of allylic oxidation sites excluding steroid dienone is 1. The quantitative estimate of drug-likeness (QED) is 0.833. The predicted octanol–water partition coefficient (Wildman–Crippen LogP) is 3.68. The summed E-state index contributed by atoms with van der Waals surface area (Å²) in [6.07, 6.45) is 3.10. The first-order chi connectivity index (χ1) is 7.06. The van der Waals surface area contributed by atoms with Crippen LogP contribution < -0.4 is 5.73 Å². The van der Waals surface area contributed by atoms with Gasteiger partial charge in [0, 0.05) is 11.6 Å².